The van der Waals surface area contributed by atoms with Gasteiger partial charge in [-0.2, -0.15) is 0 Å². The molecule has 1 aromatic carbocycles. The summed E-state index contributed by atoms with van der Waals surface area (Å²) in [6, 6.07) is 4.35. The highest BCUT2D eigenvalue weighted by Crippen LogP contribution is 2.22. The lowest BCUT2D eigenvalue weighted by Crippen LogP contribution is -2.22. The Balaban J connectivity index is 2.44. The van der Waals surface area contributed by atoms with E-state index in [1.165, 1.54) is 28.0 Å². The number of rotatable bonds is 3. The predicted octanol–water partition coefficient (Wildman–Crippen LogP) is 0.619. The number of sulfonamides is 1. The minimum atomic E-state index is -3.86. The Morgan fingerprint density at radius 3 is 2.55 bits per heavy atom. The van der Waals surface area contributed by atoms with Crippen molar-refractivity contribution in [3.63, 3.8) is 0 Å². The maximum absolute atomic E-state index is 12.6. The van der Waals surface area contributed by atoms with Crippen LogP contribution in [0.4, 0.5) is 0 Å². The first-order valence-corrected chi connectivity index (χ1v) is 8.77. The number of nitrogens with zero attached hydrogens (tertiary/aromatic N) is 4. The van der Waals surface area contributed by atoms with Crippen molar-refractivity contribution in [2.45, 2.75) is 25.3 Å². The highest BCUT2D eigenvalue weighted by atomic mass is 32.2. The van der Waals surface area contributed by atoms with E-state index < -0.39 is 10.0 Å². The van der Waals surface area contributed by atoms with Crippen molar-refractivity contribution in [2.75, 3.05) is 0 Å². The Labute approximate surface area is 129 Å². The molecule has 116 valence electrons. The third-order valence-electron chi connectivity index (χ3n) is 3.25. The molecule has 2 N–H and O–H groups in total. The van der Waals surface area contributed by atoms with Gasteiger partial charge < -0.3 is 0 Å². The maximum atomic E-state index is 12.6. The van der Waals surface area contributed by atoms with E-state index >= 15 is 0 Å². The van der Waals surface area contributed by atoms with Crippen molar-refractivity contribution in [1.82, 2.24) is 19.3 Å². The van der Waals surface area contributed by atoms with Gasteiger partial charge in [0.2, 0.25) is 15.2 Å². The quantitative estimate of drug-likeness (QED) is 0.751. The molecular formula is C12H13N5O3S2. The summed E-state index contributed by atoms with van der Waals surface area (Å²) in [6.07, 6.45) is 0. The number of benzene rings is 1. The number of fused-ring (bicyclic) bond motifs is 1. The first-order valence-electron chi connectivity index (χ1n) is 6.41. The molecule has 10 heteroatoms. The average molecular weight is 339 g/mol. The van der Waals surface area contributed by atoms with E-state index in [4.69, 9.17) is 5.14 Å². The lowest BCUT2D eigenvalue weighted by atomic mass is 10.3. The third-order valence-corrected chi connectivity index (χ3v) is 4.99. The Kier molecular flexibility index (Phi) is 3.38. The Bertz CT molecular complexity index is 1030. The van der Waals surface area contributed by atoms with Gasteiger partial charge >= 0.3 is 5.69 Å². The molecule has 0 spiro atoms. The van der Waals surface area contributed by atoms with Gasteiger partial charge in [-0.15, -0.1) is 10.2 Å². The first-order chi connectivity index (χ1) is 10.3. The molecule has 0 aliphatic rings. The molecule has 0 radical (unpaired) electrons. The van der Waals surface area contributed by atoms with E-state index in [2.05, 4.69) is 10.2 Å². The largest absolute Gasteiger partial charge is 0.335 e. The van der Waals surface area contributed by atoms with Crippen LogP contribution in [0.15, 0.2) is 27.9 Å². The van der Waals surface area contributed by atoms with Gasteiger partial charge in [0.15, 0.2) is 0 Å². The van der Waals surface area contributed by atoms with Crippen molar-refractivity contribution in [3.05, 3.63) is 33.7 Å². The van der Waals surface area contributed by atoms with Crippen LogP contribution in [0.3, 0.4) is 0 Å². The van der Waals surface area contributed by atoms with Crippen molar-refractivity contribution in [1.29, 1.82) is 0 Å². The van der Waals surface area contributed by atoms with Gasteiger partial charge in [-0.05, 0) is 32.0 Å². The predicted molar refractivity (Wildman–Crippen MR) is 82.8 cm³/mol. The zero-order chi connectivity index (χ0) is 16.1. The maximum Gasteiger partial charge on any atom is 0.335 e. The fourth-order valence-corrected chi connectivity index (χ4v) is 3.51. The van der Waals surface area contributed by atoms with E-state index in [9.17, 15) is 13.2 Å². The molecular weight excluding hydrogens is 326 g/mol. The molecule has 0 amide bonds. The van der Waals surface area contributed by atoms with Crippen molar-refractivity contribution >= 4 is 32.4 Å². The number of hydrogen-bond donors (Lipinski definition) is 1. The van der Waals surface area contributed by atoms with Crippen LogP contribution in [0.5, 0.6) is 0 Å². The van der Waals surface area contributed by atoms with Gasteiger partial charge in [-0.3, -0.25) is 4.57 Å². The first kappa shape index (κ1) is 14.9. The van der Waals surface area contributed by atoms with E-state index in [1.807, 2.05) is 6.92 Å². The number of primary sulfonamides is 1. The normalized spacial score (nSPS) is 12.1. The molecule has 2 aromatic heterocycles. The smallest absolute Gasteiger partial charge is 0.292 e. The van der Waals surface area contributed by atoms with Crippen LogP contribution in [-0.4, -0.2) is 27.7 Å². The molecule has 0 saturated heterocycles. The lowest BCUT2D eigenvalue weighted by molar-refractivity contribution is 0.598. The average Bonchev–Trinajstić information content (AvgIpc) is 2.97. The summed E-state index contributed by atoms with van der Waals surface area (Å²) in [6.45, 7) is 4.07. The van der Waals surface area contributed by atoms with Crippen molar-refractivity contribution in [3.8, 4) is 5.13 Å². The minimum Gasteiger partial charge on any atom is -0.292 e. The monoisotopic (exact) mass is 339 g/mol. The molecule has 3 aromatic rings. The molecule has 0 fully saturated rings. The SMILES string of the molecule is CCn1c(=O)n(-c2nnc(C)s2)c2cc(S(N)(=O)=O)ccc21. The summed E-state index contributed by atoms with van der Waals surface area (Å²) in [5, 5.41) is 14.2. The summed E-state index contributed by atoms with van der Waals surface area (Å²) in [5.74, 6) is 0. The summed E-state index contributed by atoms with van der Waals surface area (Å²) < 4.78 is 26.0. The van der Waals surface area contributed by atoms with Crippen LogP contribution in [0.1, 0.15) is 11.9 Å². The minimum absolute atomic E-state index is 0.0526. The summed E-state index contributed by atoms with van der Waals surface area (Å²) in [4.78, 5) is 12.5. The fourth-order valence-electron chi connectivity index (χ4n) is 2.28. The van der Waals surface area contributed by atoms with E-state index in [-0.39, 0.29) is 10.6 Å². The number of nitrogens with two attached hydrogens (primary N) is 1. The summed E-state index contributed by atoms with van der Waals surface area (Å²) in [5.41, 5.74) is 0.766. The highest BCUT2D eigenvalue weighted by molar-refractivity contribution is 7.89. The Hall–Kier alpha value is -2.04. The van der Waals surface area contributed by atoms with Crippen LogP contribution in [0, 0.1) is 6.92 Å². The van der Waals surface area contributed by atoms with Gasteiger partial charge in [-0.25, -0.2) is 22.9 Å². The van der Waals surface area contributed by atoms with Crippen LogP contribution in [0.25, 0.3) is 16.2 Å². The topological polar surface area (TPSA) is 113 Å². The van der Waals surface area contributed by atoms with Gasteiger partial charge in [0, 0.05) is 6.54 Å². The van der Waals surface area contributed by atoms with Crippen LogP contribution in [-0.2, 0) is 16.6 Å². The second-order valence-electron chi connectivity index (χ2n) is 4.66. The number of aryl methyl sites for hydroxylation is 2. The molecule has 0 bridgehead atoms. The van der Waals surface area contributed by atoms with Crippen molar-refractivity contribution in [2.24, 2.45) is 5.14 Å². The van der Waals surface area contributed by atoms with Crippen LogP contribution in [0.2, 0.25) is 0 Å². The molecule has 3 rings (SSSR count). The van der Waals surface area contributed by atoms with Gasteiger partial charge in [0.1, 0.15) is 5.01 Å². The Morgan fingerprint density at radius 2 is 2.00 bits per heavy atom. The standard InChI is InChI=1S/C12H13N5O3S2/c1-3-16-9-5-4-8(22(13,19)20)6-10(9)17(12(16)18)11-15-14-7(2)21-11/h4-6H,3H2,1-2H3,(H2,13,19,20). The second-order valence-corrected chi connectivity index (χ2v) is 7.38. The van der Waals surface area contributed by atoms with E-state index in [0.29, 0.717) is 27.7 Å². The third kappa shape index (κ3) is 2.25. The highest BCUT2D eigenvalue weighted by Gasteiger charge is 2.19. The van der Waals surface area contributed by atoms with Crippen LogP contribution < -0.4 is 10.8 Å². The fraction of sp³-hybridized carbons (Fsp3) is 0.250. The molecule has 0 unspecified atom stereocenters. The molecule has 8 nitrogen and oxygen atoms in total. The number of hydrogen-bond acceptors (Lipinski definition) is 6. The molecule has 2 heterocycles. The summed E-state index contributed by atoms with van der Waals surface area (Å²) >= 11 is 1.25. The van der Waals surface area contributed by atoms with E-state index in [1.54, 1.807) is 17.6 Å². The summed E-state index contributed by atoms with van der Waals surface area (Å²) in [7, 11) is -3.86. The van der Waals surface area contributed by atoms with Gasteiger partial charge in [0.05, 0.1) is 15.9 Å². The van der Waals surface area contributed by atoms with Crippen molar-refractivity contribution < 1.29 is 8.42 Å². The number of imidazole rings is 1. The Morgan fingerprint density at radius 1 is 1.27 bits per heavy atom. The molecule has 0 aliphatic carbocycles. The number of aromatic nitrogens is 4. The van der Waals surface area contributed by atoms with Crippen LogP contribution >= 0.6 is 11.3 Å². The zero-order valence-corrected chi connectivity index (χ0v) is 13.5. The van der Waals surface area contributed by atoms with E-state index in [0.717, 1.165) is 0 Å². The molecule has 0 atom stereocenters. The lowest BCUT2D eigenvalue weighted by Gasteiger charge is -2.01. The molecule has 0 saturated carbocycles. The van der Waals surface area contributed by atoms with Gasteiger partial charge in [-0.1, -0.05) is 11.3 Å². The zero-order valence-electron chi connectivity index (χ0n) is 11.8. The van der Waals surface area contributed by atoms with Gasteiger partial charge in [0.25, 0.3) is 0 Å². The molecule has 0 aliphatic heterocycles. The molecule has 22 heavy (non-hydrogen) atoms. The second kappa shape index (κ2) is 5.00.